The highest BCUT2D eigenvalue weighted by atomic mass is 35.5. The Morgan fingerprint density at radius 2 is 1.92 bits per heavy atom. The van der Waals surface area contributed by atoms with E-state index in [1.165, 1.54) is 0 Å². The topological polar surface area (TPSA) is 66.6 Å². The molecule has 0 radical (unpaired) electrons. The molecule has 0 aromatic heterocycles. The van der Waals surface area contributed by atoms with Crippen LogP contribution in [0.15, 0.2) is 30.3 Å². The van der Waals surface area contributed by atoms with E-state index in [0.717, 1.165) is 32.4 Å². The fourth-order valence-electron chi connectivity index (χ4n) is 3.98. The van der Waals surface area contributed by atoms with Crippen LogP contribution in [0, 0.1) is 11.8 Å². The van der Waals surface area contributed by atoms with E-state index in [9.17, 15) is 9.59 Å². The van der Waals surface area contributed by atoms with Gasteiger partial charge in [0.2, 0.25) is 5.91 Å². The second kappa shape index (κ2) is 8.68. The van der Waals surface area contributed by atoms with Crippen molar-refractivity contribution in [2.45, 2.75) is 32.2 Å². The van der Waals surface area contributed by atoms with E-state index < -0.39 is 0 Å². The van der Waals surface area contributed by atoms with Crippen LogP contribution in [0.1, 0.15) is 36.5 Å². The lowest BCUT2D eigenvalue weighted by atomic mass is 9.95. The van der Waals surface area contributed by atoms with Gasteiger partial charge in [0, 0.05) is 31.2 Å². The fourth-order valence-corrected chi connectivity index (χ4v) is 3.98. The van der Waals surface area contributed by atoms with Gasteiger partial charge in [-0.15, -0.1) is 12.4 Å². The maximum atomic E-state index is 12.9. The van der Waals surface area contributed by atoms with Gasteiger partial charge in [-0.1, -0.05) is 18.2 Å². The van der Waals surface area contributed by atoms with Crippen LogP contribution in [-0.2, 0) is 4.79 Å². The Labute approximate surface area is 155 Å². The summed E-state index contributed by atoms with van der Waals surface area (Å²) in [5, 5.41) is 0. The van der Waals surface area contributed by atoms with E-state index in [1.54, 1.807) is 0 Å². The summed E-state index contributed by atoms with van der Waals surface area (Å²) in [6.07, 6.45) is 2.74. The number of hydrogen-bond donors (Lipinski definition) is 1. The second-order valence-corrected chi connectivity index (χ2v) is 7.13. The van der Waals surface area contributed by atoms with Crippen LogP contribution in [0.25, 0.3) is 0 Å². The first-order valence-corrected chi connectivity index (χ1v) is 8.95. The van der Waals surface area contributed by atoms with Crippen LogP contribution in [0.3, 0.4) is 0 Å². The second-order valence-electron chi connectivity index (χ2n) is 7.13. The number of nitrogens with zero attached hydrogens (tertiary/aromatic N) is 2. The molecule has 2 aliphatic heterocycles. The van der Waals surface area contributed by atoms with Gasteiger partial charge in [-0.05, 0) is 50.8 Å². The Balaban J connectivity index is 0.00000225. The molecule has 1 aromatic rings. The molecular weight excluding hydrogens is 338 g/mol. The molecule has 3 rings (SSSR count). The van der Waals surface area contributed by atoms with Gasteiger partial charge < -0.3 is 15.5 Å². The minimum atomic E-state index is -0.0783. The number of amides is 2. The highest BCUT2D eigenvalue weighted by Crippen LogP contribution is 2.27. The molecule has 2 heterocycles. The zero-order valence-electron chi connectivity index (χ0n) is 14.8. The van der Waals surface area contributed by atoms with E-state index in [2.05, 4.69) is 6.92 Å². The van der Waals surface area contributed by atoms with Gasteiger partial charge in [0.15, 0.2) is 0 Å². The van der Waals surface area contributed by atoms with Gasteiger partial charge in [-0.25, -0.2) is 0 Å². The van der Waals surface area contributed by atoms with Crippen LogP contribution < -0.4 is 5.73 Å². The van der Waals surface area contributed by atoms with Gasteiger partial charge >= 0.3 is 0 Å². The van der Waals surface area contributed by atoms with Crippen LogP contribution in [0.5, 0.6) is 0 Å². The summed E-state index contributed by atoms with van der Waals surface area (Å²) in [7, 11) is 0. The average molecular weight is 366 g/mol. The molecular formula is C19H28ClN3O2. The molecule has 5 nitrogen and oxygen atoms in total. The number of nitrogens with two attached hydrogens (primary N) is 1. The lowest BCUT2D eigenvalue weighted by molar-refractivity contribution is -0.137. The molecule has 3 atom stereocenters. The molecule has 2 saturated heterocycles. The zero-order chi connectivity index (χ0) is 17.1. The van der Waals surface area contributed by atoms with Gasteiger partial charge in [0.1, 0.15) is 0 Å². The summed E-state index contributed by atoms with van der Waals surface area (Å²) in [5.41, 5.74) is 6.47. The predicted octanol–water partition coefficient (Wildman–Crippen LogP) is 2.16. The predicted molar refractivity (Wildman–Crippen MR) is 101 cm³/mol. The summed E-state index contributed by atoms with van der Waals surface area (Å²) in [6.45, 7) is 4.77. The number of likely N-dealkylation sites (tertiary alicyclic amines) is 2. The van der Waals surface area contributed by atoms with Gasteiger partial charge in [0.25, 0.3) is 5.91 Å². The van der Waals surface area contributed by atoms with Crippen molar-refractivity contribution in [2.24, 2.45) is 17.6 Å². The third-order valence-electron chi connectivity index (χ3n) is 5.36. The summed E-state index contributed by atoms with van der Waals surface area (Å²) in [4.78, 5) is 29.4. The Morgan fingerprint density at radius 3 is 2.56 bits per heavy atom. The number of hydrogen-bond acceptors (Lipinski definition) is 3. The monoisotopic (exact) mass is 365 g/mol. The van der Waals surface area contributed by atoms with Crippen molar-refractivity contribution in [3.05, 3.63) is 35.9 Å². The molecule has 0 spiro atoms. The van der Waals surface area contributed by atoms with Crippen LogP contribution in [0.2, 0.25) is 0 Å². The molecule has 3 unspecified atom stereocenters. The third kappa shape index (κ3) is 4.33. The summed E-state index contributed by atoms with van der Waals surface area (Å²) >= 11 is 0. The summed E-state index contributed by atoms with van der Waals surface area (Å²) in [5.74, 6) is 0.561. The Bertz CT molecular complexity index is 596. The molecule has 0 saturated carbocycles. The van der Waals surface area contributed by atoms with Crippen LogP contribution in [0.4, 0.5) is 0 Å². The molecule has 138 valence electrons. The number of piperidine rings is 1. The summed E-state index contributed by atoms with van der Waals surface area (Å²) in [6, 6.07) is 9.58. The van der Waals surface area contributed by atoms with Gasteiger partial charge in [-0.3, -0.25) is 9.59 Å². The highest BCUT2D eigenvalue weighted by Gasteiger charge is 2.37. The number of carbonyl (C=O) groups is 2. The van der Waals surface area contributed by atoms with E-state index in [-0.39, 0.29) is 36.2 Å². The van der Waals surface area contributed by atoms with E-state index in [0.29, 0.717) is 24.6 Å². The van der Waals surface area contributed by atoms with Crippen molar-refractivity contribution < 1.29 is 9.59 Å². The van der Waals surface area contributed by atoms with Gasteiger partial charge in [0.05, 0.1) is 5.92 Å². The first-order valence-electron chi connectivity index (χ1n) is 8.95. The molecule has 2 fully saturated rings. The normalized spacial score (nSPS) is 26.2. The fraction of sp³-hybridized carbons (Fsp3) is 0.579. The molecule has 25 heavy (non-hydrogen) atoms. The van der Waals surface area contributed by atoms with E-state index >= 15 is 0 Å². The van der Waals surface area contributed by atoms with Crippen molar-refractivity contribution in [3.63, 3.8) is 0 Å². The van der Waals surface area contributed by atoms with Crippen molar-refractivity contribution in [3.8, 4) is 0 Å². The Hall–Kier alpha value is -1.59. The van der Waals surface area contributed by atoms with Gasteiger partial charge in [-0.2, -0.15) is 0 Å². The van der Waals surface area contributed by atoms with Crippen LogP contribution >= 0.6 is 12.4 Å². The first-order chi connectivity index (χ1) is 11.6. The third-order valence-corrected chi connectivity index (χ3v) is 5.36. The average Bonchev–Trinajstić information content (AvgIpc) is 3.02. The number of rotatable bonds is 3. The number of benzene rings is 1. The zero-order valence-corrected chi connectivity index (χ0v) is 15.6. The first kappa shape index (κ1) is 19.7. The Morgan fingerprint density at radius 1 is 1.20 bits per heavy atom. The largest absolute Gasteiger partial charge is 0.339 e. The summed E-state index contributed by atoms with van der Waals surface area (Å²) < 4.78 is 0. The van der Waals surface area contributed by atoms with E-state index in [4.69, 9.17) is 5.73 Å². The van der Waals surface area contributed by atoms with Crippen LogP contribution in [-0.4, -0.2) is 53.8 Å². The molecule has 6 heteroatoms. The maximum absolute atomic E-state index is 12.9. The Kier molecular flexibility index (Phi) is 6.85. The lowest BCUT2D eigenvalue weighted by Gasteiger charge is -2.35. The molecule has 1 aromatic carbocycles. The molecule has 0 aliphatic carbocycles. The van der Waals surface area contributed by atoms with Crippen molar-refractivity contribution in [2.75, 3.05) is 26.2 Å². The smallest absolute Gasteiger partial charge is 0.253 e. The molecule has 2 N–H and O–H groups in total. The van der Waals surface area contributed by atoms with E-state index in [1.807, 2.05) is 40.1 Å². The molecule has 2 aliphatic rings. The van der Waals surface area contributed by atoms with Crippen molar-refractivity contribution in [1.82, 2.24) is 9.80 Å². The minimum absolute atomic E-state index is 0. The molecule has 0 bridgehead atoms. The number of carbonyl (C=O) groups excluding carboxylic acids is 2. The molecule has 2 amide bonds. The standard InChI is InChI=1S/C19H27N3O2.ClH/c1-14-10-15(11-20)12-22(14)19(24)17-8-5-9-21(13-17)18(23)16-6-3-2-4-7-16;/h2-4,6-7,14-15,17H,5,8-13,20H2,1H3;1H. The SMILES string of the molecule is CC1CC(CN)CN1C(=O)C1CCCN(C(=O)c2ccccc2)C1.Cl. The lowest BCUT2D eigenvalue weighted by Crippen LogP contribution is -2.47. The maximum Gasteiger partial charge on any atom is 0.253 e. The van der Waals surface area contributed by atoms with Crippen molar-refractivity contribution in [1.29, 1.82) is 0 Å². The quantitative estimate of drug-likeness (QED) is 0.892. The number of halogens is 1. The highest BCUT2D eigenvalue weighted by molar-refractivity contribution is 5.94. The minimum Gasteiger partial charge on any atom is -0.339 e. The van der Waals surface area contributed by atoms with Crippen molar-refractivity contribution >= 4 is 24.2 Å².